The van der Waals surface area contributed by atoms with Crippen LogP contribution >= 0.6 is 34.8 Å². The Morgan fingerprint density at radius 3 is 2.50 bits per heavy atom. The van der Waals surface area contributed by atoms with E-state index in [1.807, 2.05) is 0 Å². The minimum absolute atomic E-state index is 0.112. The first-order valence-corrected chi connectivity index (χ1v) is 7.42. The molecule has 126 valence electrons. The number of non-ortho nitro benzene ring substituents is 1. The number of benzene rings is 2. The number of carbonyl (C=O) groups is 1. The van der Waals surface area contributed by atoms with Crippen LogP contribution in [0.4, 0.5) is 15.8 Å². The molecular weight excluding hydrogens is 386 g/mol. The van der Waals surface area contributed by atoms with Gasteiger partial charge >= 0.3 is 0 Å². The van der Waals surface area contributed by atoms with E-state index in [2.05, 4.69) is 5.32 Å². The molecule has 1 N–H and O–H groups in total. The average molecular weight is 394 g/mol. The highest BCUT2D eigenvalue weighted by Gasteiger charge is 2.14. The van der Waals surface area contributed by atoms with Crippen LogP contribution in [0.5, 0.6) is 5.75 Å². The largest absolute Gasteiger partial charge is 0.482 e. The summed E-state index contributed by atoms with van der Waals surface area (Å²) in [5.41, 5.74) is -0.696. The summed E-state index contributed by atoms with van der Waals surface area (Å²) in [5.74, 6) is -1.45. The third-order valence-electron chi connectivity index (χ3n) is 2.77. The monoisotopic (exact) mass is 392 g/mol. The highest BCUT2D eigenvalue weighted by atomic mass is 35.5. The highest BCUT2D eigenvalue weighted by molar-refractivity contribution is 6.43. The fourth-order valence-electron chi connectivity index (χ4n) is 1.67. The van der Waals surface area contributed by atoms with Gasteiger partial charge in [-0.1, -0.05) is 34.8 Å². The third-order valence-corrected chi connectivity index (χ3v) is 3.79. The number of rotatable bonds is 5. The molecule has 0 spiro atoms. The molecule has 2 aromatic carbocycles. The number of hydrogen-bond acceptors (Lipinski definition) is 4. The van der Waals surface area contributed by atoms with Gasteiger partial charge in [0.25, 0.3) is 11.6 Å². The molecule has 0 unspecified atom stereocenters. The predicted octanol–water partition coefficient (Wildman–Crippen LogP) is 4.71. The van der Waals surface area contributed by atoms with E-state index in [1.54, 1.807) is 0 Å². The van der Waals surface area contributed by atoms with Gasteiger partial charge in [-0.05, 0) is 12.1 Å². The van der Waals surface area contributed by atoms with Gasteiger partial charge < -0.3 is 10.1 Å². The van der Waals surface area contributed by atoms with Gasteiger partial charge in [0, 0.05) is 18.2 Å². The maximum atomic E-state index is 13.6. The van der Waals surface area contributed by atoms with E-state index in [0.29, 0.717) is 0 Å². The lowest BCUT2D eigenvalue weighted by molar-refractivity contribution is -0.384. The predicted molar refractivity (Wildman–Crippen MR) is 88.7 cm³/mol. The van der Waals surface area contributed by atoms with Gasteiger partial charge in [-0.25, -0.2) is 4.39 Å². The van der Waals surface area contributed by atoms with Crippen molar-refractivity contribution >= 4 is 52.1 Å². The zero-order valence-electron chi connectivity index (χ0n) is 11.7. The van der Waals surface area contributed by atoms with Crippen LogP contribution in [-0.2, 0) is 4.79 Å². The van der Waals surface area contributed by atoms with Crippen LogP contribution in [0.3, 0.4) is 0 Å². The molecule has 0 atom stereocenters. The van der Waals surface area contributed by atoms with Crippen LogP contribution in [0, 0.1) is 15.9 Å². The zero-order valence-corrected chi connectivity index (χ0v) is 14.0. The first-order chi connectivity index (χ1) is 11.3. The summed E-state index contributed by atoms with van der Waals surface area (Å²) in [4.78, 5) is 21.8. The molecule has 0 aliphatic rings. The molecule has 0 saturated carbocycles. The Morgan fingerprint density at radius 2 is 1.83 bits per heavy atom. The fourth-order valence-corrected chi connectivity index (χ4v) is 2.26. The average Bonchev–Trinajstić information content (AvgIpc) is 2.51. The van der Waals surface area contributed by atoms with Crippen LogP contribution < -0.4 is 10.1 Å². The minimum atomic E-state index is -0.818. The van der Waals surface area contributed by atoms with Crippen molar-refractivity contribution in [1.29, 1.82) is 0 Å². The first-order valence-electron chi connectivity index (χ1n) is 6.29. The number of nitro groups is 1. The summed E-state index contributed by atoms with van der Waals surface area (Å²) >= 11 is 17.5. The Morgan fingerprint density at radius 1 is 1.17 bits per heavy atom. The standard InChI is InChI=1S/C14H8Cl3FN2O4/c15-8-4-10(17)13(5-9(8)16)24-6-14(21)19-12-3-7(20(22)23)1-2-11(12)18/h1-5H,6H2,(H,19,21). The molecule has 0 aliphatic carbocycles. The number of anilines is 1. The number of carbonyl (C=O) groups excluding carboxylic acids is 1. The number of hydrogen-bond donors (Lipinski definition) is 1. The molecule has 1 amide bonds. The molecule has 0 aliphatic heterocycles. The Labute approximate surface area is 150 Å². The summed E-state index contributed by atoms with van der Waals surface area (Å²) in [5, 5.41) is 13.4. The van der Waals surface area contributed by atoms with Gasteiger partial charge in [-0.2, -0.15) is 0 Å². The number of nitrogens with one attached hydrogen (secondary N) is 1. The molecule has 0 saturated heterocycles. The van der Waals surface area contributed by atoms with Gasteiger partial charge in [0.15, 0.2) is 6.61 Å². The van der Waals surface area contributed by atoms with Crippen molar-refractivity contribution in [1.82, 2.24) is 0 Å². The molecule has 0 bridgehead atoms. The second-order valence-corrected chi connectivity index (χ2v) is 5.68. The van der Waals surface area contributed by atoms with Crippen molar-refractivity contribution in [3.63, 3.8) is 0 Å². The Balaban J connectivity index is 2.05. The van der Waals surface area contributed by atoms with E-state index in [0.717, 1.165) is 18.2 Å². The van der Waals surface area contributed by atoms with Crippen LogP contribution in [-0.4, -0.2) is 17.4 Å². The van der Waals surface area contributed by atoms with Gasteiger partial charge in [-0.3, -0.25) is 14.9 Å². The molecule has 10 heteroatoms. The van der Waals surface area contributed by atoms with Crippen molar-refractivity contribution < 1.29 is 18.8 Å². The fraction of sp³-hybridized carbons (Fsp3) is 0.0714. The topological polar surface area (TPSA) is 81.5 Å². The Hall–Kier alpha value is -2.09. The van der Waals surface area contributed by atoms with Crippen LogP contribution in [0.2, 0.25) is 15.1 Å². The van der Waals surface area contributed by atoms with Crippen molar-refractivity contribution in [2.75, 3.05) is 11.9 Å². The molecule has 24 heavy (non-hydrogen) atoms. The maximum absolute atomic E-state index is 13.6. The molecule has 0 fully saturated rings. The molecular formula is C14H8Cl3FN2O4. The number of nitro benzene ring substituents is 1. The van der Waals surface area contributed by atoms with Gasteiger partial charge in [0.05, 0.1) is 25.7 Å². The molecule has 0 heterocycles. The van der Waals surface area contributed by atoms with Crippen LogP contribution in [0.15, 0.2) is 30.3 Å². The van der Waals surface area contributed by atoms with Crippen LogP contribution in [0.1, 0.15) is 0 Å². The summed E-state index contributed by atoms with van der Waals surface area (Å²) in [7, 11) is 0. The highest BCUT2D eigenvalue weighted by Crippen LogP contribution is 2.33. The molecule has 2 rings (SSSR count). The van der Waals surface area contributed by atoms with Crippen molar-refractivity contribution in [2.24, 2.45) is 0 Å². The van der Waals surface area contributed by atoms with E-state index < -0.39 is 23.3 Å². The second-order valence-electron chi connectivity index (χ2n) is 4.45. The van der Waals surface area contributed by atoms with E-state index in [1.165, 1.54) is 12.1 Å². The maximum Gasteiger partial charge on any atom is 0.271 e. The lowest BCUT2D eigenvalue weighted by Crippen LogP contribution is -2.21. The number of halogens is 4. The number of nitrogens with zero attached hydrogens (tertiary/aromatic N) is 1. The second kappa shape index (κ2) is 7.65. The normalized spacial score (nSPS) is 10.3. The van der Waals surface area contributed by atoms with Crippen molar-refractivity contribution in [3.8, 4) is 5.75 Å². The van der Waals surface area contributed by atoms with Crippen molar-refractivity contribution in [2.45, 2.75) is 0 Å². The van der Waals surface area contributed by atoms with E-state index in [4.69, 9.17) is 39.5 Å². The quantitative estimate of drug-likeness (QED) is 0.453. The van der Waals surface area contributed by atoms with E-state index >= 15 is 0 Å². The molecule has 0 radical (unpaired) electrons. The van der Waals surface area contributed by atoms with Gasteiger partial charge in [0.1, 0.15) is 11.6 Å². The number of ether oxygens (including phenoxy) is 1. The van der Waals surface area contributed by atoms with Gasteiger partial charge in [-0.15, -0.1) is 0 Å². The van der Waals surface area contributed by atoms with Crippen LogP contribution in [0.25, 0.3) is 0 Å². The van der Waals surface area contributed by atoms with E-state index in [9.17, 15) is 19.3 Å². The SMILES string of the molecule is O=C(COc1cc(Cl)c(Cl)cc1Cl)Nc1cc([N+](=O)[O-])ccc1F. The smallest absolute Gasteiger partial charge is 0.271 e. The van der Waals surface area contributed by atoms with Gasteiger partial charge in [0.2, 0.25) is 0 Å². The summed E-state index contributed by atoms with van der Waals surface area (Å²) < 4.78 is 18.8. The molecule has 0 aromatic heterocycles. The zero-order chi connectivity index (χ0) is 17.9. The minimum Gasteiger partial charge on any atom is -0.482 e. The molecule has 6 nitrogen and oxygen atoms in total. The lowest BCUT2D eigenvalue weighted by Gasteiger charge is -2.10. The molecule has 2 aromatic rings. The van der Waals surface area contributed by atoms with Crippen molar-refractivity contribution in [3.05, 3.63) is 61.3 Å². The first kappa shape index (κ1) is 18.3. The van der Waals surface area contributed by atoms with E-state index in [-0.39, 0.29) is 32.2 Å². The summed E-state index contributed by atoms with van der Waals surface area (Å²) in [6.07, 6.45) is 0. The lowest BCUT2D eigenvalue weighted by atomic mass is 10.2. The Kier molecular flexibility index (Phi) is 5.82. The Bertz CT molecular complexity index is 817. The summed E-state index contributed by atoms with van der Waals surface area (Å²) in [6, 6.07) is 5.44. The third kappa shape index (κ3) is 4.47. The number of amides is 1. The summed E-state index contributed by atoms with van der Waals surface area (Å²) in [6.45, 7) is -0.514.